The summed E-state index contributed by atoms with van der Waals surface area (Å²) in [6.45, 7) is 0.886. The fourth-order valence-electron chi connectivity index (χ4n) is 2.46. The maximum absolute atomic E-state index is 13.2. The Morgan fingerprint density at radius 2 is 1.93 bits per heavy atom. The van der Waals surface area contributed by atoms with Gasteiger partial charge in [0.25, 0.3) is 0 Å². The van der Waals surface area contributed by atoms with E-state index in [9.17, 15) is 4.39 Å². The van der Waals surface area contributed by atoms with Gasteiger partial charge >= 0.3 is 0 Å². The van der Waals surface area contributed by atoms with Crippen molar-refractivity contribution in [1.29, 1.82) is 0 Å². The van der Waals surface area contributed by atoms with Crippen molar-refractivity contribution >= 4 is 5.96 Å². The maximum atomic E-state index is 13.2. The van der Waals surface area contributed by atoms with Crippen LogP contribution >= 0.6 is 0 Å². The Balaban J connectivity index is 1.54. The van der Waals surface area contributed by atoms with Crippen LogP contribution in [-0.2, 0) is 13.1 Å². The smallest absolute Gasteiger partial charge is 0.191 e. The number of aromatic amines is 1. The van der Waals surface area contributed by atoms with E-state index < -0.39 is 0 Å². The SMILES string of the molecule is CN=C(NCc1cccc(F)c1)NCc1nc(-c2ccc(OC)cc2)n[nH]1. The number of ether oxygens (including phenoxy) is 1. The fraction of sp³-hybridized carbons (Fsp3) is 0.211. The van der Waals surface area contributed by atoms with Crippen LogP contribution in [-0.4, -0.2) is 35.3 Å². The molecule has 0 spiro atoms. The summed E-state index contributed by atoms with van der Waals surface area (Å²) in [4.78, 5) is 8.62. The molecule has 0 radical (unpaired) electrons. The van der Waals surface area contributed by atoms with Gasteiger partial charge in [0.05, 0.1) is 13.7 Å². The van der Waals surface area contributed by atoms with Gasteiger partial charge in [0.15, 0.2) is 11.8 Å². The third kappa shape index (κ3) is 5.04. The number of H-pyrrole nitrogens is 1. The second-order valence-electron chi connectivity index (χ2n) is 5.74. The molecular formula is C19H21FN6O. The van der Waals surface area contributed by atoms with E-state index >= 15 is 0 Å². The molecule has 0 atom stereocenters. The molecule has 3 rings (SSSR count). The predicted octanol–water partition coefficient (Wildman–Crippen LogP) is 2.48. The number of nitrogens with one attached hydrogen (secondary N) is 3. The number of benzene rings is 2. The number of methoxy groups -OCH3 is 1. The molecule has 0 amide bonds. The van der Waals surface area contributed by atoms with Crippen LogP contribution in [0.3, 0.4) is 0 Å². The monoisotopic (exact) mass is 368 g/mol. The molecule has 0 saturated heterocycles. The third-order valence-corrected chi connectivity index (χ3v) is 3.88. The van der Waals surface area contributed by atoms with E-state index in [-0.39, 0.29) is 5.82 Å². The molecular weight excluding hydrogens is 347 g/mol. The Hall–Kier alpha value is -3.42. The summed E-state index contributed by atoms with van der Waals surface area (Å²) in [6, 6.07) is 14.0. The zero-order chi connectivity index (χ0) is 19.1. The minimum Gasteiger partial charge on any atom is -0.497 e. The average molecular weight is 368 g/mol. The lowest BCUT2D eigenvalue weighted by Crippen LogP contribution is -2.36. The van der Waals surface area contributed by atoms with Crippen LogP contribution in [0, 0.1) is 5.82 Å². The van der Waals surface area contributed by atoms with Gasteiger partial charge in [-0.15, -0.1) is 0 Å². The van der Waals surface area contributed by atoms with E-state index in [4.69, 9.17) is 4.74 Å². The number of nitrogens with zero attached hydrogens (tertiary/aromatic N) is 3. The largest absolute Gasteiger partial charge is 0.497 e. The van der Waals surface area contributed by atoms with Crippen molar-refractivity contribution < 1.29 is 9.13 Å². The third-order valence-electron chi connectivity index (χ3n) is 3.88. The zero-order valence-electron chi connectivity index (χ0n) is 15.2. The van der Waals surface area contributed by atoms with Gasteiger partial charge < -0.3 is 15.4 Å². The molecule has 27 heavy (non-hydrogen) atoms. The molecule has 3 N–H and O–H groups in total. The molecule has 0 saturated carbocycles. The molecule has 8 heteroatoms. The van der Waals surface area contributed by atoms with Gasteiger partial charge in [-0.2, -0.15) is 5.10 Å². The van der Waals surface area contributed by atoms with Crippen molar-refractivity contribution in [2.75, 3.05) is 14.2 Å². The Kier molecular flexibility index (Phi) is 5.98. The lowest BCUT2D eigenvalue weighted by Gasteiger charge is -2.10. The van der Waals surface area contributed by atoms with Crippen LogP contribution in [0.1, 0.15) is 11.4 Å². The van der Waals surface area contributed by atoms with Crippen LogP contribution in [0.5, 0.6) is 5.75 Å². The molecule has 0 aliphatic rings. The van der Waals surface area contributed by atoms with Crippen molar-refractivity contribution in [3.8, 4) is 17.1 Å². The average Bonchev–Trinajstić information content (AvgIpc) is 3.17. The Morgan fingerprint density at radius 3 is 2.63 bits per heavy atom. The first kappa shape index (κ1) is 18.4. The Morgan fingerprint density at radius 1 is 1.15 bits per heavy atom. The summed E-state index contributed by atoms with van der Waals surface area (Å²) >= 11 is 0. The molecule has 2 aromatic carbocycles. The lowest BCUT2D eigenvalue weighted by atomic mass is 10.2. The standard InChI is InChI=1S/C19H21FN6O/c1-21-19(22-11-13-4-3-5-15(20)10-13)23-12-17-24-18(26-25-17)14-6-8-16(27-2)9-7-14/h3-10H,11-12H2,1-2H3,(H2,21,22,23)(H,24,25,26). The molecule has 7 nitrogen and oxygen atoms in total. The molecule has 1 heterocycles. The van der Waals surface area contributed by atoms with Crippen molar-refractivity contribution in [2.24, 2.45) is 4.99 Å². The number of rotatable bonds is 6. The topological polar surface area (TPSA) is 87.2 Å². The van der Waals surface area contributed by atoms with Crippen LogP contribution in [0.25, 0.3) is 11.4 Å². The summed E-state index contributed by atoms with van der Waals surface area (Å²) in [5, 5.41) is 13.4. The first-order valence-electron chi connectivity index (χ1n) is 8.42. The Labute approximate surface area is 156 Å². The molecule has 0 aliphatic heterocycles. The number of guanidine groups is 1. The van der Waals surface area contributed by atoms with E-state index in [1.54, 1.807) is 20.2 Å². The van der Waals surface area contributed by atoms with E-state index in [2.05, 4.69) is 30.8 Å². The first-order valence-corrected chi connectivity index (χ1v) is 8.42. The number of aliphatic imine (C=N–C) groups is 1. The number of halogens is 1. The minimum atomic E-state index is -0.259. The van der Waals surface area contributed by atoms with Gasteiger partial charge in [-0.05, 0) is 42.0 Å². The number of aromatic nitrogens is 3. The number of hydrogen-bond acceptors (Lipinski definition) is 4. The molecule has 0 unspecified atom stereocenters. The van der Waals surface area contributed by atoms with E-state index in [1.807, 2.05) is 30.3 Å². The highest BCUT2D eigenvalue weighted by molar-refractivity contribution is 5.79. The highest BCUT2D eigenvalue weighted by Gasteiger charge is 2.07. The summed E-state index contributed by atoms with van der Waals surface area (Å²) in [6.07, 6.45) is 0. The van der Waals surface area contributed by atoms with Crippen LogP contribution in [0.15, 0.2) is 53.5 Å². The summed E-state index contributed by atoms with van der Waals surface area (Å²) in [5.74, 6) is 2.39. The Bertz CT molecular complexity index is 907. The van der Waals surface area contributed by atoms with Gasteiger partial charge in [-0.1, -0.05) is 12.1 Å². The lowest BCUT2D eigenvalue weighted by molar-refractivity contribution is 0.415. The quantitative estimate of drug-likeness (QED) is 0.460. The summed E-state index contributed by atoms with van der Waals surface area (Å²) in [7, 11) is 3.30. The molecule has 0 fully saturated rings. The highest BCUT2D eigenvalue weighted by atomic mass is 19.1. The first-order chi connectivity index (χ1) is 13.2. The summed E-state index contributed by atoms with van der Waals surface area (Å²) in [5.41, 5.74) is 1.73. The maximum Gasteiger partial charge on any atom is 0.191 e. The minimum absolute atomic E-state index is 0.259. The number of hydrogen-bond donors (Lipinski definition) is 3. The van der Waals surface area contributed by atoms with Crippen molar-refractivity contribution in [2.45, 2.75) is 13.1 Å². The van der Waals surface area contributed by atoms with Crippen molar-refractivity contribution in [3.05, 3.63) is 65.7 Å². The predicted molar refractivity (Wildman–Crippen MR) is 102 cm³/mol. The zero-order valence-corrected chi connectivity index (χ0v) is 15.2. The van der Waals surface area contributed by atoms with Crippen molar-refractivity contribution in [3.63, 3.8) is 0 Å². The van der Waals surface area contributed by atoms with Gasteiger partial charge in [0.1, 0.15) is 17.4 Å². The van der Waals surface area contributed by atoms with Gasteiger partial charge in [0.2, 0.25) is 0 Å². The van der Waals surface area contributed by atoms with E-state index in [1.165, 1.54) is 12.1 Å². The van der Waals surface area contributed by atoms with Gasteiger partial charge in [-0.3, -0.25) is 10.1 Å². The molecule has 140 valence electrons. The van der Waals surface area contributed by atoms with Crippen LogP contribution < -0.4 is 15.4 Å². The van der Waals surface area contributed by atoms with Crippen LogP contribution in [0.4, 0.5) is 4.39 Å². The van der Waals surface area contributed by atoms with E-state index in [0.29, 0.717) is 30.7 Å². The fourth-order valence-corrected chi connectivity index (χ4v) is 2.46. The second-order valence-corrected chi connectivity index (χ2v) is 5.74. The molecule has 0 aliphatic carbocycles. The van der Waals surface area contributed by atoms with E-state index in [0.717, 1.165) is 16.9 Å². The molecule has 1 aromatic heterocycles. The molecule has 3 aromatic rings. The van der Waals surface area contributed by atoms with Gasteiger partial charge in [0, 0.05) is 19.2 Å². The summed E-state index contributed by atoms with van der Waals surface area (Å²) < 4.78 is 18.4. The van der Waals surface area contributed by atoms with Crippen LogP contribution in [0.2, 0.25) is 0 Å². The highest BCUT2D eigenvalue weighted by Crippen LogP contribution is 2.18. The van der Waals surface area contributed by atoms with Gasteiger partial charge in [-0.25, -0.2) is 9.37 Å². The normalized spacial score (nSPS) is 11.3. The molecule has 0 bridgehead atoms. The second kappa shape index (κ2) is 8.79. The van der Waals surface area contributed by atoms with Crippen molar-refractivity contribution in [1.82, 2.24) is 25.8 Å².